The van der Waals surface area contributed by atoms with Crippen LogP contribution in [0.1, 0.15) is 19.8 Å². The van der Waals surface area contributed by atoms with Crippen molar-refractivity contribution in [1.29, 1.82) is 0 Å². The van der Waals surface area contributed by atoms with E-state index in [2.05, 4.69) is 31.2 Å². The van der Waals surface area contributed by atoms with Crippen molar-refractivity contribution in [2.45, 2.75) is 24.7 Å². The number of aromatic amines is 1. The number of para-hydroxylation sites is 2. The van der Waals surface area contributed by atoms with Crippen molar-refractivity contribution in [2.75, 3.05) is 56.1 Å². The summed E-state index contributed by atoms with van der Waals surface area (Å²) in [6.45, 7) is 7.11. The number of hydrogen-bond acceptors (Lipinski definition) is 7. The van der Waals surface area contributed by atoms with E-state index in [1.165, 1.54) is 12.1 Å². The van der Waals surface area contributed by atoms with E-state index in [1.807, 2.05) is 31.2 Å². The van der Waals surface area contributed by atoms with Gasteiger partial charge in [-0.3, -0.25) is 4.90 Å². The molecule has 0 atom stereocenters. The maximum atomic E-state index is 13.5. The molecule has 1 aliphatic heterocycles. The largest absolute Gasteiger partial charge is 0.492 e. The predicted molar refractivity (Wildman–Crippen MR) is 161 cm³/mol. The van der Waals surface area contributed by atoms with Crippen molar-refractivity contribution in [3.63, 3.8) is 0 Å². The number of urea groups is 1. The van der Waals surface area contributed by atoms with Crippen LogP contribution in [0.15, 0.2) is 84.0 Å². The zero-order valence-electron chi connectivity index (χ0n) is 23.2. The van der Waals surface area contributed by atoms with Crippen LogP contribution in [0.5, 0.6) is 5.75 Å². The van der Waals surface area contributed by atoms with Gasteiger partial charge in [0.2, 0.25) is 0 Å². The van der Waals surface area contributed by atoms with Gasteiger partial charge in [0, 0.05) is 50.5 Å². The summed E-state index contributed by atoms with van der Waals surface area (Å²) in [5.41, 5.74) is 2.21. The van der Waals surface area contributed by atoms with Crippen LogP contribution < -0.4 is 15.0 Å². The molecule has 41 heavy (non-hydrogen) atoms. The molecule has 2 N–H and O–H groups in total. The van der Waals surface area contributed by atoms with E-state index in [4.69, 9.17) is 4.74 Å². The number of pyridine rings is 1. The monoisotopic (exact) mass is 576 g/mol. The Bertz CT molecular complexity index is 1550. The first-order chi connectivity index (χ1) is 20.0. The second kappa shape index (κ2) is 13.0. The molecule has 10 nitrogen and oxygen atoms in total. The fraction of sp³-hybridized carbons (Fsp3) is 0.333. The molecule has 216 valence electrons. The summed E-state index contributed by atoms with van der Waals surface area (Å²) >= 11 is 0. The van der Waals surface area contributed by atoms with Gasteiger partial charge in [0.05, 0.1) is 22.9 Å². The van der Waals surface area contributed by atoms with Crippen molar-refractivity contribution in [1.82, 2.24) is 19.2 Å². The van der Waals surface area contributed by atoms with Crippen LogP contribution in [-0.4, -0.2) is 79.5 Å². The number of piperazine rings is 1. The second-order valence-electron chi connectivity index (χ2n) is 9.86. The zero-order valence-corrected chi connectivity index (χ0v) is 24.0. The number of carbonyl (C=O) groups excluding carboxylic acids is 1. The zero-order chi connectivity index (χ0) is 28.7. The van der Waals surface area contributed by atoms with Crippen LogP contribution in [0.2, 0.25) is 0 Å². The van der Waals surface area contributed by atoms with Crippen molar-refractivity contribution in [2.24, 2.45) is 0 Å². The Balaban J connectivity index is 1.19. The van der Waals surface area contributed by atoms with Crippen LogP contribution >= 0.6 is 0 Å². The topological polar surface area (TPSA) is 111 Å². The number of nitrogens with one attached hydrogen (secondary N) is 2. The second-order valence-corrected chi connectivity index (χ2v) is 11.7. The number of H-pyrrole nitrogens is 1. The number of anilines is 2. The molecule has 2 amide bonds. The molecule has 0 spiro atoms. The van der Waals surface area contributed by atoms with Crippen molar-refractivity contribution >= 4 is 38.5 Å². The lowest BCUT2D eigenvalue weighted by atomic mass is 10.2. The third-order valence-electron chi connectivity index (χ3n) is 7.21. The Labute approximate surface area is 241 Å². The van der Waals surface area contributed by atoms with Crippen molar-refractivity contribution in [3.05, 3.63) is 79.1 Å². The minimum atomic E-state index is -4.05. The number of nitrogens with zero attached hydrogens (tertiary/aromatic N) is 4. The highest BCUT2D eigenvalue weighted by molar-refractivity contribution is 7.89. The first-order valence-corrected chi connectivity index (χ1v) is 15.4. The fourth-order valence-electron chi connectivity index (χ4n) is 5.09. The number of rotatable bonds is 11. The molecule has 0 radical (unpaired) electrons. The van der Waals surface area contributed by atoms with Gasteiger partial charge in [-0.25, -0.2) is 22.5 Å². The van der Waals surface area contributed by atoms with E-state index in [0.717, 1.165) is 54.9 Å². The first-order valence-electron chi connectivity index (χ1n) is 14.0. The smallest absolute Gasteiger partial charge is 0.335 e. The van der Waals surface area contributed by atoms with Crippen LogP contribution in [0.4, 0.5) is 16.2 Å². The summed E-state index contributed by atoms with van der Waals surface area (Å²) in [6, 6.07) is 19.1. The summed E-state index contributed by atoms with van der Waals surface area (Å²) in [5, 5.41) is 3.48. The average Bonchev–Trinajstić information content (AvgIpc) is 3.41. The lowest BCUT2D eigenvalue weighted by Gasteiger charge is -2.36. The molecule has 1 saturated heterocycles. The number of amides is 2. The average molecular weight is 577 g/mol. The molecule has 4 aromatic rings. The van der Waals surface area contributed by atoms with Gasteiger partial charge in [0.15, 0.2) is 0 Å². The molecule has 2 aromatic carbocycles. The quantitative estimate of drug-likeness (QED) is 0.247. The van der Waals surface area contributed by atoms with E-state index in [9.17, 15) is 13.2 Å². The van der Waals surface area contributed by atoms with E-state index in [1.54, 1.807) is 36.7 Å². The van der Waals surface area contributed by atoms with E-state index < -0.39 is 16.1 Å². The standard InChI is InChI=1S/C30H36N6O4S/c1-2-40-28-15-7-6-14-27(28)35-21-19-34(20-22-35)17-8-9-18-36(41(38,39)24-11-4-3-5-12-24)30(37)33-26-23-32-29-25(26)13-10-16-31-29/h3-7,10-16,23H,2,8-9,17-22H2,1H3,(H,31,32)(H,33,37). The van der Waals surface area contributed by atoms with Gasteiger partial charge in [-0.15, -0.1) is 0 Å². The summed E-state index contributed by atoms with van der Waals surface area (Å²) in [5.74, 6) is 0.908. The predicted octanol–water partition coefficient (Wildman–Crippen LogP) is 4.79. The van der Waals surface area contributed by atoms with Crippen molar-refractivity contribution in [3.8, 4) is 5.75 Å². The highest BCUT2D eigenvalue weighted by atomic mass is 32.2. The molecular weight excluding hydrogens is 540 g/mol. The number of aromatic nitrogens is 2. The maximum absolute atomic E-state index is 13.5. The lowest BCUT2D eigenvalue weighted by Crippen LogP contribution is -2.47. The molecule has 11 heteroatoms. The summed E-state index contributed by atoms with van der Waals surface area (Å²) in [7, 11) is -4.05. The van der Waals surface area contributed by atoms with Crippen LogP contribution in [-0.2, 0) is 10.0 Å². The summed E-state index contributed by atoms with van der Waals surface area (Å²) in [6.07, 6.45) is 4.58. The fourth-order valence-corrected chi connectivity index (χ4v) is 6.48. The molecule has 2 aromatic heterocycles. The molecule has 0 saturated carbocycles. The molecule has 0 unspecified atom stereocenters. The van der Waals surface area contributed by atoms with Crippen LogP contribution in [0, 0.1) is 0 Å². The van der Waals surface area contributed by atoms with E-state index >= 15 is 0 Å². The van der Waals surface area contributed by atoms with Gasteiger partial charge in [-0.2, -0.15) is 0 Å². The maximum Gasteiger partial charge on any atom is 0.335 e. The van der Waals surface area contributed by atoms with Crippen LogP contribution in [0.3, 0.4) is 0 Å². The number of unbranched alkanes of at least 4 members (excludes halogenated alkanes) is 1. The Morgan fingerprint density at radius 2 is 1.76 bits per heavy atom. The molecular formula is C30H36N6O4S. The van der Waals surface area contributed by atoms with Gasteiger partial charge < -0.3 is 19.9 Å². The first kappa shape index (κ1) is 28.4. The van der Waals surface area contributed by atoms with Gasteiger partial charge in [0.1, 0.15) is 11.4 Å². The normalized spacial score (nSPS) is 14.2. The number of sulfonamides is 1. The Hall–Kier alpha value is -4.09. The molecule has 3 heterocycles. The van der Waals surface area contributed by atoms with Gasteiger partial charge >= 0.3 is 6.03 Å². The Kier molecular flexibility index (Phi) is 9.05. The lowest BCUT2D eigenvalue weighted by molar-refractivity contribution is 0.231. The summed E-state index contributed by atoms with van der Waals surface area (Å²) in [4.78, 5) is 25.4. The highest BCUT2D eigenvalue weighted by Crippen LogP contribution is 2.29. The van der Waals surface area contributed by atoms with Gasteiger partial charge in [0.25, 0.3) is 10.0 Å². The number of benzene rings is 2. The van der Waals surface area contributed by atoms with Crippen molar-refractivity contribution < 1.29 is 17.9 Å². The molecule has 0 bridgehead atoms. The molecule has 1 fully saturated rings. The number of ether oxygens (including phenoxy) is 1. The van der Waals surface area contributed by atoms with E-state index in [0.29, 0.717) is 29.7 Å². The highest BCUT2D eigenvalue weighted by Gasteiger charge is 2.29. The molecule has 5 rings (SSSR count). The number of carbonyl (C=O) groups is 1. The van der Waals surface area contributed by atoms with Gasteiger partial charge in [-0.1, -0.05) is 30.3 Å². The molecule has 1 aliphatic rings. The molecule has 0 aliphatic carbocycles. The third kappa shape index (κ3) is 6.63. The summed E-state index contributed by atoms with van der Waals surface area (Å²) < 4.78 is 33.8. The number of hydrogen-bond donors (Lipinski definition) is 2. The number of fused-ring (bicyclic) bond motifs is 1. The van der Waals surface area contributed by atoms with Crippen LogP contribution in [0.25, 0.3) is 11.0 Å². The Morgan fingerprint density at radius 3 is 2.54 bits per heavy atom. The van der Waals surface area contributed by atoms with Gasteiger partial charge in [-0.05, 0) is 62.7 Å². The minimum absolute atomic E-state index is 0.0748. The van der Waals surface area contributed by atoms with E-state index in [-0.39, 0.29) is 11.4 Å². The Morgan fingerprint density at radius 1 is 1.00 bits per heavy atom. The third-order valence-corrected chi connectivity index (χ3v) is 9.01. The minimum Gasteiger partial charge on any atom is -0.492 e. The SMILES string of the molecule is CCOc1ccccc1N1CCN(CCCCN(C(=O)Nc2c[nH]c3ncccc23)S(=O)(=O)c2ccccc2)CC1.